The number of aromatic nitrogens is 5. The minimum atomic E-state index is 0.0223. The molecule has 1 atom stereocenters. The quantitative estimate of drug-likeness (QED) is 0.161. The van der Waals surface area contributed by atoms with E-state index < -0.39 is 0 Å². The molecule has 2 aliphatic rings. The van der Waals surface area contributed by atoms with Crippen LogP contribution in [0.1, 0.15) is 106 Å². The van der Waals surface area contributed by atoms with E-state index in [1.165, 1.54) is 38.8 Å². The Morgan fingerprint density at radius 1 is 1.14 bits per heavy atom. The zero-order valence-electron chi connectivity index (χ0n) is 23.0. The van der Waals surface area contributed by atoms with E-state index >= 15 is 0 Å². The predicted molar refractivity (Wildman–Crippen MR) is 147 cm³/mol. The van der Waals surface area contributed by atoms with Gasteiger partial charge in [-0.25, -0.2) is 14.6 Å². The molecule has 0 saturated carbocycles. The van der Waals surface area contributed by atoms with Crippen LogP contribution in [0.3, 0.4) is 0 Å². The van der Waals surface area contributed by atoms with E-state index in [4.69, 9.17) is 19.6 Å². The standard InChI is InChI=1S/C28H40N6O2S/c1-6-8-12-20-23(32-36-24(20)21(35)13-9-7-2)25-29-26-22(27(30-25)37-5)18(3)31-34(26)19(4)28-14-10-16-33(28)17-11-15-28/h19H,6-17H2,1-5H3. The monoisotopic (exact) mass is 524 g/mol. The first kappa shape index (κ1) is 26.4. The number of hydrogen-bond donors (Lipinski definition) is 0. The Bertz CT molecular complexity index is 1270. The average Bonchev–Trinajstić information content (AvgIpc) is 3.67. The molecule has 0 spiro atoms. The van der Waals surface area contributed by atoms with E-state index in [2.05, 4.69) is 42.4 Å². The molecule has 3 aromatic rings. The molecule has 0 aliphatic carbocycles. The van der Waals surface area contributed by atoms with Crippen LogP contribution >= 0.6 is 11.8 Å². The van der Waals surface area contributed by atoms with Crippen LogP contribution in [0.15, 0.2) is 9.55 Å². The summed E-state index contributed by atoms with van der Waals surface area (Å²) in [6.45, 7) is 11.0. The molecule has 5 heterocycles. The molecule has 0 amide bonds. The number of carbonyl (C=O) groups is 1. The summed E-state index contributed by atoms with van der Waals surface area (Å²) in [7, 11) is 0. The van der Waals surface area contributed by atoms with Gasteiger partial charge in [-0.1, -0.05) is 31.8 Å². The number of hydrogen-bond acceptors (Lipinski definition) is 8. The van der Waals surface area contributed by atoms with Gasteiger partial charge in [0.2, 0.25) is 11.5 Å². The maximum absolute atomic E-state index is 13.0. The first-order valence-electron chi connectivity index (χ1n) is 14.0. The Morgan fingerprint density at radius 3 is 2.54 bits per heavy atom. The highest BCUT2D eigenvalue weighted by Crippen LogP contribution is 2.47. The number of nitrogens with zero attached hydrogens (tertiary/aromatic N) is 6. The lowest BCUT2D eigenvalue weighted by atomic mass is 9.87. The van der Waals surface area contributed by atoms with Crippen LogP contribution in [0, 0.1) is 6.92 Å². The molecular weight excluding hydrogens is 484 g/mol. The molecule has 2 aliphatic heterocycles. The Morgan fingerprint density at radius 2 is 1.86 bits per heavy atom. The lowest BCUT2D eigenvalue weighted by molar-refractivity contribution is 0.0942. The normalized spacial score (nSPS) is 18.1. The Balaban J connectivity index is 1.63. The van der Waals surface area contributed by atoms with Gasteiger partial charge in [0.05, 0.1) is 17.1 Å². The molecule has 9 heteroatoms. The smallest absolute Gasteiger partial charge is 0.206 e. The third kappa shape index (κ3) is 4.52. The molecule has 200 valence electrons. The van der Waals surface area contributed by atoms with Crippen LogP contribution in [0.2, 0.25) is 0 Å². The van der Waals surface area contributed by atoms with Crippen molar-refractivity contribution in [2.75, 3.05) is 19.3 Å². The van der Waals surface area contributed by atoms with Gasteiger partial charge in [-0.15, -0.1) is 11.8 Å². The highest BCUT2D eigenvalue weighted by atomic mass is 32.2. The molecule has 37 heavy (non-hydrogen) atoms. The SMILES string of the molecule is CCCCC(=O)c1onc(-c2nc(SC)c3c(C)nn(C(C)C45CCCN4CCC5)c3n2)c1CCCC. The third-order valence-corrected chi connectivity index (χ3v) is 9.21. The first-order valence-corrected chi connectivity index (χ1v) is 15.3. The Labute approximate surface area is 224 Å². The summed E-state index contributed by atoms with van der Waals surface area (Å²) in [6.07, 6.45) is 11.9. The van der Waals surface area contributed by atoms with Gasteiger partial charge in [-0.2, -0.15) is 5.10 Å². The van der Waals surface area contributed by atoms with Crippen molar-refractivity contribution in [1.29, 1.82) is 0 Å². The molecule has 1 unspecified atom stereocenters. The largest absolute Gasteiger partial charge is 0.352 e. The van der Waals surface area contributed by atoms with Crippen LogP contribution in [0.25, 0.3) is 22.6 Å². The molecule has 8 nitrogen and oxygen atoms in total. The van der Waals surface area contributed by atoms with Crippen LogP contribution in [-0.2, 0) is 6.42 Å². The molecular formula is C28H40N6O2S. The van der Waals surface area contributed by atoms with E-state index in [1.807, 2.05) is 6.26 Å². The van der Waals surface area contributed by atoms with Gasteiger partial charge in [-0.05, 0) is 78.1 Å². The highest BCUT2D eigenvalue weighted by molar-refractivity contribution is 7.98. The fourth-order valence-corrected chi connectivity index (χ4v) is 7.12. The number of aryl methyl sites for hydroxylation is 1. The second-order valence-electron chi connectivity index (χ2n) is 10.7. The number of carbonyl (C=O) groups excluding carboxylic acids is 1. The van der Waals surface area contributed by atoms with Gasteiger partial charge in [0.15, 0.2) is 17.2 Å². The van der Waals surface area contributed by atoms with Gasteiger partial charge in [0.25, 0.3) is 0 Å². The summed E-state index contributed by atoms with van der Waals surface area (Å²) >= 11 is 1.60. The zero-order valence-corrected chi connectivity index (χ0v) is 23.8. The minimum absolute atomic E-state index is 0.0223. The molecule has 3 aromatic heterocycles. The van der Waals surface area contributed by atoms with Crippen molar-refractivity contribution in [1.82, 2.24) is 29.8 Å². The van der Waals surface area contributed by atoms with Crippen LogP contribution in [0.4, 0.5) is 0 Å². The van der Waals surface area contributed by atoms with Gasteiger partial charge in [-0.3, -0.25) is 9.69 Å². The van der Waals surface area contributed by atoms with E-state index in [9.17, 15) is 4.79 Å². The fraction of sp³-hybridized carbons (Fsp3) is 0.679. The van der Waals surface area contributed by atoms with Crippen LogP contribution < -0.4 is 0 Å². The summed E-state index contributed by atoms with van der Waals surface area (Å²) in [6, 6.07) is 0.203. The molecule has 2 fully saturated rings. The first-order chi connectivity index (χ1) is 17.9. The number of fused-ring (bicyclic) bond motifs is 2. The van der Waals surface area contributed by atoms with Gasteiger partial charge < -0.3 is 4.52 Å². The van der Waals surface area contributed by atoms with Gasteiger partial charge in [0, 0.05) is 17.5 Å². The molecule has 0 aromatic carbocycles. The summed E-state index contributed by atoms with van der Waals surface area (Å²) in [5, 5.41) is 11.4. The topological polar surface area (TPSA) is 89.9 Å². The van der Waals surface area contributed by atoms with E-state index in [0.717, 1.165) is 59.4 Å². The molecule has 0 bridgehead atoms. The summed E-state index contributed by atoms with van der Waals surface area (Å²) in [4.78, 5) is 25.7. The number of Topliss-reactive ketones (excluding diaryl/α,β-unsaturated/α-hetero) is 1. The zero-order chi connectivity index (χ0) is 26.2. The average molecular weight is 525 g/mol. The maximum atomic E-state index is 13.0. The van der Waals surface area contributed by atoms with Crippen molar-refractivity contribution in [3.63, 3.8) is 0 Å². The summed E-state index contributed by atoms with van der Waals surface area (Å²) < 4.78 is 7.85. The second kappa shape index (κ2) is 10.8. The number of unbranched alkanes of at least 4 members (excludes halogenated alkanes) is 2. The third-order valence-electron chi connectivity index (χ3n) is 8.53. The molecule has 0 radical (unpaired) electrons. The van der Waals surface area contributed by atoms with E-state index in [1.54, 1.807) is 11.8 Å². The second-order valence-corrected chi connectivity index (χ2v) is 11.5. The maximum Gasteiger partial charge on any atom is 0.206 e. The number of thioether (sulfide) groups is 1. The highest BCUT2D eigenvalue weighted by Gasteiger charge is 2.49. The van der Waals surface area contributed by atoms with Crippen molar-refractivity contribution in [3.8, 4) is 11.5 Å². The summed E-state index contributed by atoms with van der Waals surface area (Å²) in [5.41, 5.74) is 3.41. The van der Waals surface area contributed by atoms with Crippen molar-refractivity contribution >= 4 is 28.6 Å². The molecule has 2 saturated heterocycles. The van der Waals surface area contributed by atoms with Crippen LogP contribution in [0.5, 0.6) is 0 Å². The van der Waals surface area contributed by atoms with Crippen molar-refractivity contribution in [3.05, 3.63) is 17.0 Å². The lowest BCUT2D eigenvalue weighted by Gasteiger charge is -2.38. The van der Waals surface area contributed by atoms with E-state index in [-0.39, 0.29) is 17.4 Å². The van der Waals surface area contributed by atoms with Crippen molar-refractivity contribution < 1.29 is 9.32 Å². The van der Waals surface area contributed by atoms with Gasteiger partial charge in [0.1, 0.15) is 5.03 Å². The molecule has 5 rings (SSSR count). The number of rotatable bonds is 11. The lowest BCUT2D eigenvalue weighted by Crippen LogP contribution is -2.45. The van der Waals surface area contributed by atoms with Crippen molar-refractivity contribution in [2.24, 2.45) is 0 Å². The minimum Gasteiger partial charge on any atom is -0.352 e. The fourth-order valence-electron chi connectivity index (χ4n) is 6.49. The number of ketones is 1. The summed E-state index contributed by atoms with van der Waals surface area (Å²) in [5.74, 6) is 0.937. The van der Waals surface area contributed by atoms with Crippen LogP contribution in [-0.4, -0.2) is 60.5 Å². The van der Waals surface area contributed by atoms with E-state index in [0.29, 0.717) is 23.7 Å². The van der Waals surface area contributed by atoms with Gasteiger partial charge >= 0.3 is 0 Å². The molecule has 0 N–H and O–H groups in total. The Hall–Kier alpha value is -2.26. The predicted octanol–water partition coefficient (Wildman–Crippen LogP) is 6.42. The van der Waals surface area contributed by atoms with Crippen molar-refractivity contribution in [2.45, 2.75) is 109 Å². The Kier molecular flexibility index (Phi) is 7.73.